The molecule has 4 rings (SSSR count). The minimum atomic E-state index is -0.635. The predicted octanol–water partition coefficient (Wildman–Crippen LogP) is 1.74. The number of aromatic nitrogens is 1. The molecule has 2 aliphatic rings. The number of hydrogen-bond donors (Lipinski definition) is 3. The van der Waals surface area contributed by atoms with Crippen LogP contribution in [0.4, 0.5) is 11.5 Å². The SMILES string of the molecule is Cc1ccc(-n2c(N)c3c(cc2=O)C(=O)NC3=O)cc1NC(=O)C1CCCC1. The summed E-state index contributed by atoms with van der Waals surface area (Å²) < 4.78 is 1.17. The summed E-state index contributed by atoms with van der Waals surface area (Å²) in [7, 11) is 0. The number of carbonyl (C=O) groups is 3. The van der Waals surface area contributed by atoms with E-state index in [0.29, 0.717) is 11.4 Å². The van der Waals surface area contributed by atoms with Crippen LogP contribution >= 0.6 is 0 Å². The fraction of sp³-hybridized carbons (Fsp3) is 0.300. The molecule has 1 aromatic carbocycles. The molecule has 0 spiro atoms. The van der Waals surface area contributed by atoms with E-state index in [9.17, 15) is 19.2 Å². The monoisotopic (exact) mass is 380 g/mol. The molecule has 1 saturated carbocycles. The molecular weight excluding hydrogens is 360 g/mol. The zero-order valence-corrected chi connectivity index (χ0v) is 15.4. The summed E-state index contributed by atoms with van der Waals surface area (Å²) >= 11 is 0. The average molecular weight is 380 g/mol. The number of hydrogen-bond acceptors (Lipinski definition) is 5. The molecule has 0 radical (unpaired) electrons. The molecule has 0 saturated heterocycles. The number of anilines is 2. The highest BCUT2D eigenvalue weighted by Gasteiger charge is 2.32. The van der Waals surface area contributed by atoms with Crippen molar-refractivity contribution in [1.82, 2.24) is 9.88 Å². The van der Waals surface area contributed by atoms with Gasteiger partial charge in [0.05, 0.1) is 16.8 Å². The number of amides is 3. The highest BCUT2D eigenvalue weighted by molar-refractivity contribution is 6.23. The van der Waals surface area contributed by atoms with Crippen LogP contribution in [0.3, 0.4) is 0 Å². The summed E-state index contributed by atoms with van der Waals surface area (Å²) in [6.45, 7) is 1.86. The van der Waals surface area contributed by atoms with Crippen molar-refractivity contribution in [3.05, 3.63) is 51.3 Å². The molecule has 3 amide bonds. The summed E-state index contributed by atoms with van der Waals surface area (Å²) in [4.78, 5) is 48.9. The van der Waals surface area contributed by atoms with E-state index in [1.54, 1.807) is 18.2 Å². The van der Waals surface area contributed by atoms with Crippen LogP contribution in [0.25, 0.3) is 5.69 Å². The molecule has 8 nitrogen and oxygen atoms in total. The molecule has 28 heavy (non-hydrogen) atoms. The smallest absolute Gasteiger partial charge is 0.262 e. The van der Waals surface area contributed by atoms with Crippen molar-refractivity contribution >= 4 is 29.2 Å². The maximum Gasteiger partial charge on any atom is 0.262 e. The van der Waals surface area contributed by atoms with E-state index in [4.69, 9.17) is 5.73 Å². The second-order valence-corrected chi connectivity index (χ2v) is 7.25. The van der Waals surface area contributed by atoms with Gasteiger partial charge in [-0.25, -0.2) is 0 Å². The van der Waals surface area contributed by atoms with E-state index in [1.165, 1.54) is 4.57 Å². The van der Waals surface area contributed by atoms with Crippen molar-refractivity contribution in [3.63, 3.8) is 0 Å². The maximum atomic E-state index is 12.6. The molecule has 4 N–H and O–H groups in total. The zero-order valence-electron chi connectivity index (χ0n) is 15.4. The van der Waals surface area contributed by atoms with Crippen molar-refractivity contribution in [2.24, 2.45) is 5.92 Å². The summed E-state index contributed by atoms with van der Waals surface area (Å²) in [5.74, 6) is -1.40. The van der Waals surface area contributed by atoms with Crippen LogP contribution in [0.5, 0.6) is 0 Å². The second-order valence-electron chi connectivity index (χ2n) is 7.25. The van der Waals surface area contributed by atoms with Crippen molar-refractivity contribution in [3.8, 4) is 5.69 Å². The number of nitrogens with two attached hydrogens (primary N) is 1. The third-order valence-electron chi connectivity index (χ3n) is 5.42. The molecule has 1 fully saturated rings. The Bertz CT molecular complexity index is 1080. The third-order valence-corrected chi connectivity index (χ3v) is 5.42. The number of fused-ring (bicyclic) bond motifs is 1. The van der Waals surface area contributed by atoms with Gasteiger partial charge in [0.2, 0.25) is 5.91 Å². The molecule has 1 aliphatic heterocycles. The predicted molar refractivity (Wildman–Crippen MR) is 104 cm³/mol. The Morgan fingerprint density at radius 2 is 1.86 bits per heavy atom. The Balaban J connectivity index is 1.76. The number of pyridine rings is 1. The van der Waals surface area contributed by atoms with Crippen LogP contribution in [0.1, 0.15) is 52.0 Å². The van der Waals surface area contributed by atoms with Gasteiger partial charge in [-0.3, -0.25) is 29.1 Å². The number of benzene rings is 1. The second kappa shape index (κ2) is 6.63. The van der Waals surface area contributed by atoms with Gasteiger partial charge < -0.3 is 11.1 Å². The van der Waals surface area contributed by atoms with Gasteiger partial charge in [-0.05, 0) is 37.5 Å². The lowest BCUT2D eigenvalue weighted by molar-refractivity contribution is -0.119. The Hall–Kier alpha value is -3.42. The summed E-state index contributed by atoms with van der Waals surface area (Å²) in [5, 5.41) is 5.08. The Morgan fingerprint density at radius 3 is 2.57 bits per heavy atom. The van der Waals surface area contributed by atoms with E-state index < -0.39 is 17.4 Å². The zero-order chi connectivity index (χ0) is 20.0. The standard InChI is InChI=1S/C20H20N4O4/c1-10-6-7-12(8-14(10)22-18(26)11-4-2-3-5-11)24-15(25)9-13-16(17(24)21)20(28)23-19(13)27/h6-9,11H,2-5,21H2,1H3,(H,22,26)(H,23,27,28). The molecular formula is C20H20N4O4. The van der Waals surface area contributed by atoms with Crippen molar-refractivity contribution < 1.29 is 14.4 Å². The van der Waals surface area contributed by atoms with Crippen molar-refractivity contribution in [1.29, 1.82) is 0 Å². The fourth-order valence-corrected chi connectivity index (χ4v) is 3.85. The van der Waals surface area contributed by atoms with Crippen LogP contribution in [-0.2, 0) is 4.79 Å². The fourth-order valence-electron chi connectivity index (χ4n) is 3.85. The van der Waals surface area contributed by atoms with Gasteiger partial charge in [0.15, 0.2) is 0 Å². The van der Waals surface area contributed by atoms with Crippen molar-refractivity contribution in [2.75, 3.05) is 11.1 Å². The summed E-state index contributed by atoms with van der Waals surface area (Å²) in [6.07, 6.45) is 3.87. The van der Waals surface area contributed by atoms with Gasteiger partial charge >= 0.3 is 0 Å². The maximum absolute atomic E-state index is 12.6. The quantitative estimate of drug-likeness (QED) is 0.700. The summed E-state index contributed by atoms with van der Waals surface area (Å²) in [6, 6.07) is 6.20. The van der Waals surface area contributed by atoms with Gasteiger partial charge in [0.1, 0.15) is 5.82 Å². The molecule has 8 heteroatoms. The molecule has 0 atom stereocenters. The van der Waals surface area contributed by atoms with Gasteiger partial charge in [-0.1, -0.05) is 18.9 Å². The van der Waals surface area contributed by atoms with E-state index in [2.05, 4.69) is 10.6 Å². The lowest BCUT2D eigenvalue weighted by Crippen LogP contribution is -2.25. The number of aryl methyl sites for hydroxylation is 1. The minimum Gasteiger partial charge on any atom is -0.384 e. The lowest BCUT2D eigenvalue weighted by Gasteiger charge is -2.16. The number of nitrogens with zero attached hydrogens (tertiary/aromatic N) is 1. The molecule has 1 aliphatic carbocycles. The molecule has 144 valence electrons. The molecule has 0 unspecified atom stereocenters. The van der Waals surface area contributed by atoms with Gasteiger partial charge in [-0.2, -0.15) is 0 Å². The van der Waals surface area contributed by atoms with Crippen LogP contribution in [-0.4, -0.2) is 22.3 Å². The first kappa shape index (κ1) is 18.0. The highest BCUT2D eigenvalue weighted by atomic mass is 16.2. The number of carbonyl (C=O) groups excluding carboxylic acids is 3. The highest BCUT2D eigenvalue weighted by Crippen LogP contribution is 2.28. The number of nitrogens with one attached hydrogen (secondary N) is 2. The molecule has 2 aromatic rings. The van der Waals surface area contributed by atoms with Crippen LogP contribution < -0.4 is 21.9 Å². The van der Waals surface area contributed by atoms with E-state index in [-0.39, 0.29) is 28.8 Å². The molecule has 2 heterocycles. The van der Waals surface area contributed by atoms with Gasteiger partial charge in [0.25, 0.3) is 17.4 Å². The molecule has 1 aromatic heterocycles. The number of nitrogen functional groups attached to an aromatic ring is 1. The molecule has 0 bridgehead atoms. The topological polar surface area (TPSA) is 123 Å². The Kier molecular flexibility index (Phi) is 4.26. The largest absolute Gasteiger partial charge is 0.384 e. The minimum absolute atomic E-state index is 0.00514. The van der Waals surface area contributed by atoms with Crippen LogP contribution in [0.15, 0.2) is 29.1 Å². The van der Waals surface area contributed by atoms with E-state index in [0.717, 1.165) is 37.3 Å². The Labute approximate surface area is 160 Å². The first-order valence-electron chi connectivity index (χ1n) is 9.20. The average Bonchev–Trinajstić information content (AvgIpc) is 3.26. The van der Waals surface area contributed by atoms with Crippen molar-refractivity contribution in [2.45, 2.75) is 32.6 Å². The van der Waals surface area contributed by atoms with Crippen LogP contribution in [0.2, 0.25) is 0 Å². The van der Waals surface area contributed by atoms with E-state index in [1.807, 2.05) is 6.92 Å². The number of imide groups is 1. The van der Waals surface area contributed by atoms with Gasteiger partial charge in [-0.15, -0.1) is 0 Å². The first-order chi connectivity index (χ1) is 13.4. The normalized spacial score (nSPS) is 16.2. The number of rotatable bonds is 3. The first-order valence-corrected chi connectivity index (χ1v) is 9.20. The third kappa shape index (κ3) is 2.87. The lowest BCUT2D eigenvalue weighted by atomic mass is 10.1. The Morgan fingerprint density at radius 1 is 1.14 bits per heavy atom. The van der Waals surface area contributed by atoms with E-state index >= 15 is 0 Å². The van der Waals surface area contributed by atoms with Gasteiger partial charge in [0, 0.05) is 17.7 Å². The van der Waals surface area contributed by atoms with Crippen LogP contribution in [0, 0.1) is 12.8 Å². The summed E-state index contributed by atoms with van der Waals surface area (Å²) in [5.41, 5.74) is 7.34.